The van der Waals surface area contributed by atoms with Crippen LogP contribution in [0.4, 0.5) is 4.79 Å². The standard InChI is InChI=1S/C13H24N2O3S/c1-19(17,18)10-4-8-14-13(16)15-9-3-6-11-5-2-7-12(11)15/h11-12H,2-10H2,1H3,(H,14,16)/t11-,12-/m0/s1. The van der Waals surface area contributed by atoms with Gasteiger partial charge in [-0.3, -0.25) is 0 Å². The van der Waals surface area contributed by atoms with Gasteiger partial charge in [0.15, 0.2) is 0 Å². The van der Waals surface area contributed by atoms with Gasteiger partial charge in [0.25, 0.3) is 0 Å². The first-order valence-electron chi connectivity index (χ1n) is 7.19. The van der Waals surface area contributed by atoms with Gasteiger partial charge in [-0.1, -0.05) is 6.42 Å². The van der Waals surface area contributed by atoms with Crippen LogP contribution in [0.5, 0.6) is 0 Å². The number of urea groups is 1. The summed E-state index contributed by atoms with van der Waals surface area (Å²) in [7, 11) is -2.93. The number of nitrogens with one attached hydrogen (secondary N) is 1. The topological polar surface area (TPSA) is 66.5 Å². The Hall–Kier alpha value is -0.780. The number of hydrogen-bond donors (Lipinski definition) is 1. The molecule has 2 atom stereocenters. The van der Waals surface area contributed by atoms with Crippen molar-refractivity contribution in [1.29, 1.82) is 0 Å². The molecule has 19 heavy (non-hydrogen) atoms. The molecule has 1 saturated heterocycles. The highest BCUT2D eigenvalue weighted by atomic mass is 32.2. The van der Waals surface area contributed by atoms with E-state index in [4.69, 9.17) is 0 Å². The van der Waals surface area contributed by atoms with Crippen LogP contribution in [0.15, 0.2) is 0 Å². The lowest BCUT2D eigenvalue weighted by Gasteiger charge is -2.37. The second-order valence-electron chi connectivity index (χ2n) is 5.81. The Labute approximate surface area is 115 Å². The monoisotopic (exact) mass is 288 g/mol. The minimum Gasteiger partial charge on any atom is -0.338 e. The number of hydrogen-bond acceptors (Lipinski definition) is 3. The van der Waals surface area contributed by atoms with Crippen LogP contribution in [-0.2, 0) is 9.84 Å². The maximum atomic E-state index is 12.1. The van der Waals surface area contributed by atoms with E-state index in [1.807, 2.05) is 4.90 Å². The number of rotatable bonds is 4. The van der Waals surface area contributed by atoms with E-state index >= 15 is 0 Å². The Balaban J connectivity index is 1.76. The van der Waals surface area contributed by atoms with Crippen molar-refractivity contribution in [2.24, 2.45) is 5.92 Å². The highest BCUT2D eigenvalue weighted by Crippen LogP contribution is 2.36. The molecule has 5 nitrogen and oxygen atoms in total. The number of carbonyl (C=O) groups excluding carboxylic acids is 1. The third kappa shape index (κ3) is 4.09. The molecule has 0 unspecified atom stereocenters. The first-order chi connectivity index (χ1) is 8.97. The average Bonchev–Trinajstić information content (AvgIpc) is 2.81. The molecular weight excluding hydrogens is 264 g/mol. The van der Waals surface area contributed by atoms with E-state index in [9.17, 15) is 13.2 Å². The van der Waals surface area contributed by atoms with Crippen molar-refractivity contribution in [2.45, 2.75) is 44.6 Å². The molecule has 0 radical (unpaired) electrons. The molecule has 2 rings (SSSR count). The molecule has 2 aliphatic rings. The predicted octanol–water partition coefficient (Wildman–Crippen LogP) is 1.40. The van der Waals surface area contributed by atoms with Crippen LogP contribution in [0, 0.1) is 5.92 Å². The Morgan fingerprint density at radius 1 is 1.26 bits per heavy atom. The predicted molar refractivity (Wildman–Crippen MR) is 74.8 cm³/mol. The third-order valence-corrected chi connectivity index (χ3v) is 5.25. The third-order valence-electron chi connectivity index (χ3n) is 4.22. The lowest BCUT2D eigenvalue weighted by Crippen LogP contribution is -2.50. The van der Waals surface area contributed by atoms with Crippen LogP contribution < -0.4 is 5.32 Å². The maximum Gasteiger partial charge on any atom is 0.317 e. The van der Waals surface area contributed by atoms with Crippen molar-refractivity contribution in [3.05, 3.63) is 0 Å². The number of fused-ring (bicyclic) bond motifs is 1. The summed E-state index contributed by atoms with van der Waals surface area (Å²) in [6.45, 7) is 1.29. The molecule has 1 aliphatic heterocycles. The Morgan fingerprint density at radius 2 is 2.00 bits per heavy atom. The first kappa shape index (κ1) is 14.6. The van der Waals surface area contributed by atoms with Gasteiger partial charge in [-0.15, -0.1) is 0 Å². The van der Waals surface area contributed by atoms with Gasteiger partial charge in [0.2, 0.25) is 0 Å². The Bertz CT molecular complexity index is 422. The van der Waals surface area contributed by atoms with Crippen LogP contribution in [0.2, 0.25) is 0 Å². The molecule has 1 saturated carbocycles. The van der Waals surface area contributed by atoms with Crippen molar-refractivity contribution in [2.75, 3.05) is 25.1 Å². The van der Waals surface area contributed by atoms with Crippen LogP contribution >= 0.6 is 0 Å². The SMILES string of the molecule is CS(=O)(=O)CCCNC(=O)N1CCC[C@@H]2CCC[C@@H]21. The van der Waals surface area contributed by atoms with Crippen molar-refractivity contribution < 1.29 is 13.2 Å². The van der Waals surface area contributed by atoms with Gasteiger partial charge in [0.1, 0.15) is 9.84 Å². The number of piperidine rings is 1. The van der Waals surface area contributed by atoms with Gasteiger partial charge in [0.05, 0.1) is 5.75 Å². The summed E-state index contributed by atoms with van der Waals surface area (Å²) in [5, 5.41) is 2.86. The van der Waals surface area contributed by atoms with Gasteiger partial charge in [-0.25, -0.2) is 13.2 Å². The summed E-state index contributed by atoms with van der Waals surface area (Å²) in [5.74, 6) is 0.829. The fourth-order valence-corrected chi connectivity index (χ4v) is 4.01. The average molecular weight is 288 g/mol. The van der Waals surface area contributed by atoms with Crippen LogP contribution in [-0.4, -0.2) is 50.5 Å². The van der Waals surface area contributed by atoms with Crippen LogP contribution in [0.1, 0.15) is 38.5 Å². The van der Waals surface area contributed by atoms with Gasteiger partial charge in [-0.2, -0.15) is 0 Å². The summed E-state index contributed by atoms with van der Waals surface area (Å²) in [5.41, 5.74) is 0. The molecule has 2 fully saturated rings. The molecule has 0 aromatic heterocycles. The molecule has 0 spiro atoms. The molecule has 0 bridgehead atoms. The number of likely N-dealkylation sites (tertiary alicyclic amines) is 1. The van der Waals surface area contributed by atoms with Crippen molar-refractivity contribution in [3.8, 4) is 0 Å². The zero-order valence-corrected chi connectivity index (χ0v) is 12.4. The molecule has 0 aromatic carbocycles. The zero-order valence-electron chi connectivity index (χ0n) is 11.6. The Kier molecular flexibility index (Phi) is 4.71. The van der Waals surface area contributed by atoms with E-state index in [1.54, 1.807) is 0 Å². The highest BCUT2D eigenvalue weighted by Gasteiger charge is 2.37. The van der Waals surface area contributed by atoms with Crippen molar-refractivity contribution >= 4 is 15.9 Å². The molecule has 1 heterocycles. The number of nitrogens with zero attached hydrogens (tertiary/aromatic N) is 1. The van der Waals surface area contributed by atoms with Gasteiger partial charge < -0.3 is 10.2 Å². The number of sulfone groups is 1. The van der Waals surface area contributed by atoms with E-state index in [-0.39, 0.29) is 11.8 Å². The molecule has 6 heteroatoms. The van der Waals surface area contributed by atoms with Gasteiger partial charge >= 0.3 is 6.03 Å². The summed E-state index contributed by atoms with van der Waals surface area (Å²) >= 11 is 0. The maximum absolute atomic E-state index is 12.1. The number of amides is 2. The summed E-state index contributed by atoms with van der Waals surface area (Å²) < 4.78 is 22.0. The summed E-state index contributed by atoms with van der Waals surface area (Å²) in [4.78, 5) is 14.1. The van der Waals surface area contributed by atoms with Crippen molar-refractivity contribution in [3.63, 3.8) is 0 Å². The number of carbonyl (C=O) groups is 1. The quantitative estimate of drug-likeness (QED) is 0.795. The largest absolute Gasteiger partial charge is 0.338 e. The van der Waals surface area contributed by atoms with Gasteiger partial charge in [0, 0.05) is 25.4 Å². The van der Waals surface area contributed by atoms with Crippen LogP contribution in [0.25, 0.3) is 0 Å². The second-order valence-corrected chi connectivity index (χ2v) is 8.07. The van der Waals surface area contributed by atoms with E-state index in [0.29, 0.717) is 24.9 Å². The van der Waals surface area contributed by atoms with E-state index in [1.165, 1.54) is 25.5 Å². The highest BCUT2D eigenvalue weighted by molar-refractivity contribution is 7.90. The second kappa shape index (κ2) is 6.11. The molecule has 1 N–H and O–H groups in total. The van der Waals surface area contributed by atoms with Gasteiger partial charge in [-0.05, 0) is 38.0 Å². The lowest BCUT2D eigenvalue weighted by molar-refractivity contribution is 0.128. The van der Waals surface area contributed by atoms with Crippen LogP contribution in [0.3, 0.4) is 0 Å². The minimum absolute atomic E-state index is 0.00917. The summed E-state index contributed by atoms with van der Waals surface area (Å²) in [6.07, 6.45) is 7.67. The fraction of sp³-hybridized carbons (Fsp3) is 0.923. The smallest absolute Gasteiger partial charge is 0.317 e. The first-order valence-corrected chi connectivity index (χ1v) is 9.25. The molecule has 2 amide bonds. The molecule has 110 valence electrons. The van der Waals surface area contributed by atoms with E-state index < -0.39 is 9.84 Å². The fourth-order valence-electron chi connectivity index (χ4n) is 3.34. The van der Waals surface area contributed by atoms with Crippen molar-refractivity contribution in [1.82, 2.24) is 10.2 Å². The molecular formula is C13H24N2O3S. The minimum atomic E-state index is -2.93. The molecule has 0 aromatic rings. The van der Waals surface area contributed by atoms with E-state index in [0.717, 1.165) is 19.4 Å². The van der Waals surface area contributed by atoms with E-state index in [2.05, 4.69) is 5.32 Å². The molecule has 1 aliphatic carbocycles. The Morgan fingerprint density at radius 3 is 2.74 bits per heavy atom. The summed E-state index contributed by atoms with van der Waals surface area (Å²) in [6, 6.07) is 0.411. The zero-order chi connectivity index (χ0) is 13.9. The normalized spacial score (nSPS) is 27.1. The lowest BCUT2D eigenvalue weighted by atomic mass is 9.92.